The van der Waals surface area contributed by atoms with Gasteiger partial charge in [0.05, 0.1) is 6.61 Å². The third-order valence-electron chi connectivity index (χ3n) is 7.95. The van der Waals surface area contributed by atoms with Gasteiger partial charge in [0.25, 0.3) is 0 Å². The molecule has 0 bridgehead atoms. The predicted molar refractivity (Wildman–Crippen MR) is 126 cm³/mol. The van der Waals surface area contributed by atoms with Crippen molar-refractivity contribution in [2.75, 3.05) is 45.0 Å². The molecule has 0 amide bonds. The van der Waals surface area contributed by atoms with Gasteiger partial charge in [0.2, 0.25) is 5.95 Å². The van der Waals surface area contributed by atoms with E-state index in [2.05, 4.69) is 34.1 Å². The quantitative estimate of drug-likeness (QED) is 0.471. The minimum absolute atomic E-state index is 0.313. The van der Waals surface area contributed by atoms with Gasteiger partial charge in [0, 0.05) is 44.2 Å². The predicted octanol–water partition coefficient (Wildman–Crippen LogP) is 4.50. The lowest BCUT2D eigenvalue weighted by molar-refractivity contribution is -0.0390. The largest absolute Gasteiger partial charge is 0.359 e. The summed E-state index contributed by atoms with van der Waals surface area (Å²) in [4.78, 5) is 14.6. The number of piperidine rings is 2. The summed E-state index contributed by atoms with van der Waals surface area (Å²) < 4.78 is 10.3. The Labute approximate surface area is 191 Å². The number of ether oxygens (including phenoxy) is 2. The maximum atomic E-state index is 5.41. The Morgan fingerprint density at radius 3 is 2.16 bits per heavy atom. The van der Waals surface area contributed by atoms with Crippen molar-refractivity contribution in [3.8, 4) is 11.1 Å². The van der Waals surface area contributed by atoms with Crippen molar-refractivity contribution >= 4 is 5.95 Å². The van der Waals surface area contributed by atoms with Crippen LogP contribution in [0, 0.1) is 5.41 Å². The minimum Gasteiger partial charge on any atom is -0.359 e. The molecule has 2 aliphatic heterocycles. The van der Waals surface area contributed by atoms with E-state index in [1.54, 1.807) is 7.11 Å². The lowest BCUT2D eigenvalue weighted by Gasteiger charge is -2.49. The highest BCUT2D eigenvalue weighted by atomic mass is 16.7. The monoisotopic (exact) mass is 436 g/mol. The van der Waals surface area contributed by atoms with Gasteiger partial charge in [-0.2, -0.15) is 0 Å². The molecule has 2 aromatic rings. The van der Waals surface area contributed by atoms with Gasteiger partial charge in [-0.1, -0.05) is 30.7 Å². The van der Waals surface area contributed by atoms with Crippen molar-refractivity contribution in [3.63, 3.8) is 0 Å². The highest BCUT2D eigenvalue weighted by Gasteiger charge is 2.40. The zero-order valence-electron chi connectivity index (χ0n) is 19.3. The highest BCUT2D eigenvalue weighted by molar-refractivity contribution is 5.62. The first kappa shape index (κ1) is 21.8. The Bertz CT molecular complexity index is 848. The molecule has 1 aromatic carbocycles. The van der Waals surface area contributed by atoms with Crippen molar-refractivity contribution in [1.29, 1.82) is 0 Å². The molecule has 3 heterocycles. The Morgan fingerprint density at radius 2 is 1.56 bits per heavy atom. The van der Waals surface area contributed by atoms with Crippen LogP contribution >= 0.6 is 0 Å². The van der Waals surface area contributed by atoms with Crippen LogP contribution in [0.3, 0.4) is 0 Å². The van der Waals surface area contributed by atoms with Crippen LogP contribution in [0.2, 0.25) is 0 Å². The molecule has 32 heavy (non-hydrogen) atoms. The van der Waals surface area contributed by atoms with E-state index in [1.807, 2.05) is 12.4 Å². The zero-order chi connectivity index (χ0) is 21.8. The lowest BCUT2D eigenvalue weighted by Crippen LogP contribution is -2.51. The van der Waals surface area contributed by atoms with E-state index in [9.17, 15) is 0 Å². The smallest absolute Gasteiger partial charge is 0.225 e. The van der Waals surface area contributed by atoms with Crippen LogP contribution in [0.4, 0.5) is 5.95 Å². The fourth-order valence-electron chi connectivity index (χ4n) is 5.47. The molecule has 3 fully saturated rings. The maximum Gasteiger partial charge on any atom is 0.225 e. The molecule has 0 unspecified atom stereocenters. The van der Waals surface area contributed by atoms with Crippen molar-refractivity contribution in [1.82, 2.24) is 14.9 Å². The van der Waals surface area contributed by atoms with Gasteiger partial charge < -0.3 is 19.3 Å². The van der Waals surface area contributed by atoms with E-state index in [4.69, 9.17) is 19.4 Å². The van der Waals surface area contributed by atoms with Crippen molar-refractivity contribution in [2.24, 2.45) is 5.41 Å². The summed E-state index contributed by atoms with van der Waals surface area (Å²) >= 11 is 0. The molecule has 6 heteroatoms. The molecule has 0 N–H and O–H groups in total. The standard InChI is InChI=1S/C26H36N4O2/c1-31-20-32-19-21-5-7-22(8-6-21)23-17-27-25(28-18-23)30-15-11-26(12-16-30)9-13-29(14-10-26)24-3-2-4-24/h5-8,17-18,24H,2-4,9-16,19-20H2,1H3. The fourth-order valence-corrected chi connectivity index (χ4v) is 5.47. The molecule has 6 nitrogen and oxygen atoms in total. The number of nitrogens with zero attached hydrogens (tertiary/aromatic N) is 4. The molecule has 2 saturated heterocycles. The van der Waals surface area contributed by atoms with E-state index in [0.717, 1.165) is 41.8 Å². The van der Waals surface area contributed by atoms with Crippen LogP contribution in [0.1, 0.15) is 50.5 Å². The van der Waals surface area contributed by atoms with Crippen LogP contribution in [0.25, 0.3) is 11.1 Å². The molecular weight excluding hydrogens is 400 g/mol. The van der Waals surface area contributed by atoms with Gasteiger partial charge in [-0.05, 0) is 68.2 Å². The average Bonchev–Trinajstić information content (AvgIpc) is 2.81. The Balaban J connectivity index is 1.13. The molecule has 1 spiro atoms. The number of methoxy groups -OCH3 is 1. The van der Waals surface area contributed by atoms with Gasteiger partial charge in [-0.25, -0.2) is 9.97 Å². The summed E-state index contributed by atoms with van der Waals surface area (Å²) in [5, 5.41) is 0. The summed E-state index contributed by atoms with van der Waals surface area (Å²) in [7, 11) is 1.63. The van der Waals surface area contributed by atoms with Crippen molar-refractivity contribution in [3.05, 3.63) is 42.2 Å². The van der Waals surface area contributed by atoms with E-state index in [0.29, 0.717) is 18.8 Å². The molecular formula is C26H36N4O2. The molecule has 1 saturated carbocycles. The third-order valence-corrected chi connectivity index (χ3v) is 7.95. The molecule has 5 rings (SSSR count). The number of likely N-dealkylation sites (tertiary alicyclic amines) is 1. The van der Waals surface area contributed by atoms with Gasteiger partial charge in [-0.3, -0.25) is 0 Å². The van der Waals surface area contributed by atoms with Gasteiger partial charge >= 0.3 is 0 Å². The Hall–Kier alpha value is -2.02. The first-order chi connectivity index (χ1) is 15.7. The van der Waals surface area contributed by atoms with Crippen molar-refractivity contribution < 1.29 is 9.47 Å². The Morgan fingerprint density at radius 1 is 0.906 bits per heavy atom. The molecule has 0 atom stereocenters. The molecule has 172 valence electrons. The number of aromatic nitrogens is 2. The summed E-state index contributed by atoms with van der Waals surface area (Å²) in [6.07, 6.45) is 13.5. The van der Waals surface area contributed by atoms with Gasteiger partial charge in [-0.15, -0.1) is 0 Å². The van der Waals surface area contributed by atoms with Crippen molar-refractivity contribution in [2.45, 2.75) is 57.6 Å². The van der Waals surface area contributed by atoms with Crippen LogP contribution in [-0.4, -0.2) is 61.0 Å². The number of hydrogen-bond donors (Lipinski definition) is 0. The van der Waals surface area contributed by atoms with E-state index < -0.39 is 0 Å². The normalized spacial score (nSPS) is 21.6. The topological polar surface area (TPSA) is 50.7 Å². The van der Waals surface area contributed by atoms with Gasteiger partial charge in [0.15, 0.2) is 0 Å². The van der Waals surface area contributed by atoms with E-state index in [1.165, 1.54) is 58.0 Å². The third kappa shape index (κ3) is 4.82. The number of benzene rings is 1. The second kappa shape index (κ2) is 9.86. The van der Waals surface area contributed by atoms with Crippen LogP contribution in [0.5, 0.6) is 0 Å². The molecule has 3 aliphatic rings. The SMILES string of the molecule is COCOCc1ccc(-c2cnc(N3CCC4(CC3)CCN(C3CCC3)CC4)nc2)cc1. The Kier molecular flexibility index (Phi) is 6.72. The van der Waals surface area contributed by atoms with Crippen LogP contribution in [-0.2, 0) is 16.1 Å². The summed E-state index contributed by atoms with van der Waals surface area (Å²) in [6, 6.07) is 9.27. The number of anilines is 1. The maximum absolute atomic E-state index is 5.41. The van der Waals surface area contributed by atoms with Crippen LogP contribution < -0.4 is 4.90 Å². The minimum atomic E-state index is 0.313. The molecule has 1 aliphatic carbocycles. The summed E-state index contributed by atoms with van der Waals surface area (Å²) in [5.41, 5.74) is 3.87. The summed E-state index contributed by atoms with van der Waals surface area (Å²) in [5.74, 6) is 0.875. The number of rotatable bonds is 7. The lowest BCUT2D eigenvalue weighted by atomic mass is 9.70. The zero-order valence-corrected chi connectivity index (χ0v) is 19.3. The first-order valence-corrected chi connectivity index (χ1v) is 12.2. The average molecular weight is 437 g/mol. The fraction of sp³-hybridized carbons (Fsp3) is 0.615. The molecule has 0 radical (unpaired) electrons. The van der Waals surface area contributed by atoms with E-state index in [-0.39, 0.29) is 0 Å². The highest BCUT2D eigenvalue weighted by Crippen LogP contribution is 2.43. The number of hydrogen-bond acceptors (Lipinski definition) is 6. The van der Waals surface area contributed by atoms with Gasteiger partial charge in [0.1, 0.15) is 6.79 Å². The first-order valence-electron chi connectivity index (χ1n) is 12.2. The van der Waals surface area contributed by atoms with E-state index >= 15 is 0 Å². The summed E-state index contributed by atoms with van der Waals surface area (Å²) in [6.45, 7) is 5.66. The molecule has 1 aromatic heterocycles. The van der Waals surface area contributed by atoms with Crippen LogP contribution in [0.15, 0.2) is 36.7 Å². The second-order valence-corrected chi connectivity index (χ2v) is 9.83. The second-order valence-electron chi connectivity index (χ2n) is 9.83.